The van der Waals surface area contributed by atoms with Gasteiger partial charge in [-0.2, -0.15) is 5.10 Å². The van der Waals surface area contributed by atoms with Gasteiger partial charge in [-0.15, -0.1) is 5.10 Å². The maximum atomic E-state index is 11.7. The normalized spacial score (nSPS) is 20.0. The summed E-state index contributed by atoms with van der Waals surface area (Å²) in [6.07, 6.45) is 6.07. The van der Waals surface area contributed by atoms with Crippen LogP contribution in [-0.2, 0) is 18.3 Å². The predicted molar refractivity (Wildman–Crippen MR) is 155 cm³/mol. The van der Waals surface area contributed by atoms with Crippen LogP contribution in [0.5, 0.6) is 5.88 Å². The lowest BCUT2D eigenvalue weighted by Crippen LogP contribution is -2.50. The summed E-state index contributed by atoms with van der Waals surface area (Å²) in [5.41, 5.74) is 4.31. The van der Waals surface area contributed by atoms with Gasteiger partial charge in [-0.1, -0.05) is 24.3 Å². The lowest BCUT2D eigenvalue weighted by molar-refractivity contribution is -0.0333. The molecule has 6 rings (SSSR count). The summed E-state index contributed by atoms with van der Waals surface area (Å²) >= 11 is 0. The molecule has 40 heavy (non-hydrogen) atoms. The van der Waals surface area contributed by atoms with Crippen LogP contribution < -0.4 is 15.6 Å². The van der Waals surface area contributed by atoms with Crippen LogP contribution in [0.4, 0.5) is 5.82 Å². The maximum Gasteiger partial charge on any atom is 0.266 e. The fraction of sp³-hybridized carbons (Fsp3) is 0.467. The van der Waals surface area contributed by atoms with E-state index in [1.807, 2.05) is 6.20 Å². The van der Waals surface area contributed by atoms with Gasteiger partial charge in [0.1, 0.15) is 17.6 Å². The quantitative estimate of drug-likeness (QED) is 0.338. The first kappa shape index (κ1) is 26.5. The Morgan fingerprint density at radius 3 is 2.48 bits per heavy atom. The van der Waals surface area contributed by atoms with E-state index < -0.39 is 0 Å². The van der Waals surface area contributed by atoms with Crippen molar-refractivity contribution in [3.63, 3.8) is 0 Å². The average Bonchev–Trinajstić information content (AvgIpc) is 3.32. The Hall–Kier alpha value is -3.76. The number of hydrogen-bond acceptors (Lipinski definition) is 8. The van der Waals surface area contributed by atoms with Gasteiger partial charge in [0.25, 0.3) is 5.56 Å². The van der Waals surface area contributed by atoms with Gasteiger partial charge in [0.05, 0.1) is 17.7 Å². The van der Waals surface area contributed by atoms with E-state index in [4.69, 9.17) is 14.6 Å². The van der Waals surface area contributed by atoms with Crippen LogP contribution in [-0.4, -0.2) is 68.4 Å². The third kappa shape index (κ3) is 5.46. The van der Waals surface area contributed by atoms with Crippen molar-refractivity contribution in [2.45, 2.75) is 57.4 Å². The first-order chi connectivity index (χ1) is 19.5. The number of rotatable bonds is 9. The van der Waals surface area contributed by atoms with E-state index in [0.717, 1.165) is 79.8 Å². The van der Waals surface area contributed by atoms with E-state index in [1.165, 1.54) is 16.3 Å². The minimum absolute atomic E-state index is 0.0691. The Kier molecular flexibility index (Phi) is 7.53. The second kappa shape index (κ2) is 11.4. The number of nitrogens with one attached hydrogen (secondary N) is 1. The van der Waals surface area contributed by atoms with Gasteiger partial charge in [0.15, 0.2) is 0 Å². The van der Waals surface area contributed by atoms with Crippen LogP contribution in [0, 0.1) is 0 Å². The molecule has 0 radical (unpaired) electrons. The highest BCUT2D eigenvalue weighted by Crippen LogP contribution is 2.36. The summed E-state index contributed by atoms with van der Waals surface area (Å²) < 4.78 is 15.0. The van der Waals surface area contributed by atoms with Gasteiger partial charge in [0.2, 0.25) is 5.88 Å². The van der Waals surface area contributed by atoms with E-state index in [0.29, 0.717) is 12.0 Å². The predicted octanol–water partition coefficient (Wildman–Crippen LogP) is 4.02. The SMILES string of the molecule is CCNc1cc2c(cn1)c(-c1ccc(CN3CC(OC)C3)cc1)nn2[C@H]1CC[C@@H](Oc2ccc(=O)n(C)n2)CC1. The monoisotopic (exact) mass is 543 g/mol. The van der Waals surface area contributed by atoms with Gasteiger partial charge in [-0.3, -0.25) is 14.4 Å². The summed E-state index contributed by atoms with van der Waals surface area (Å²) in [6.45, 7) is 5.80. The number of benzene rings is 1. The average molecular weight is 544 g/mol. The molecule has 1 aliphatic heterocycles. The van der Waals surface area contributed by atoms with Gasteiger partial charge in [-0.25, -0.2) is 9.67 Å². The molecule has 1 aromatic carbocycles. The van der Waals surface area contributed by atoms with Crippen LogP contribution >= 0.6 is 0 Å². The third-order valence-electron chi connectivity index (χ3n) is 8.05. The Morgan fingerprint density at radius 2 is 1.77 bits per heavy atom. The van der Waals surface area contributed by atoms with E-state index in [9.17, 15) is 4.79 Å². The molecule has 2 aliphatic rings. The number of fused-ring (bicyclic) bond motifs is 1. The first-order valence-corrected chi connectivity index (χ1v) is 14.2. The number of aryl methyl sites for hydroxylation is 1. The van der Waals surface area contributed by atoms with Crippen LogP contribution in [0.15, 0.2) is 53.5 Å². The number of ether oxygens (including phenoxy) is 2. The molecule has 3 aromatic heterocycles. The van der Waals surface area contributed by atoms with Crippen LogP contribution in [0.2, 0.25) is 0 Å². The second-order valence-corrected chi connectivity index (χ2v) is 10.8. The van der Waals surface area contributed by atoms with Crippen LogP contribution in [0.3, 0.4) is 0 Å². The number of nitrogens with zero attached hydrogens (tertiary/aromatic N) is 6. The summed E-state index contributed by atoms with van der Waals surface area (Å²) in [6, 6.07) is 14.3. The molecule has 1 aliphatic carbocycles. The molecular weight excluding hydrogens is 506 g/mol. The molecule has 1 saturated carbocycles. The van der Waals surface area contributed by atoms with Crippen molar-refractivity contribution >= 4 is 16.7 Å². The van der Waals surface area contributed by atoms with Crippen LogP contribution in [0.1, 0.15) is 44.2 Å². The second-order valence-electron chi connectivity index (χ2n) is 10.8. The van der Waals surface area contributed by atoms with Crippen molar-refractivity contribution in [1.29, 1.82) is 0 Å². The highest BCUT2D eigenvalue weighted by atomic mass is 16.5. The molecule has 4 heterocycles. The van der Waals surface area contributed by atoms with Gasteiger partial charge in [0, 0.05) is 75.7 Å². The number of hydrogen-bond donors (Lipinski definition) is 1. The van der Waals surface area contributed by atoms with Crippen molar-refractivity contribution in [3.8, 4) is 17.1 Å². The van der Waals surface area contributed by atoms with Crippen molar-refractivity contribution in [3.05, 3.63) is 64.6 Å². The molecule has 0 unspecified atom stereocenters. The summed E-state index contributed by atoms with van der Waals surface area (Å²) in [7, 11) is 3.42. The molecule has 4 aromatic rings. The zero-order valence-electron chi connectivity index (χ0n) is 23.4. The smallest absolute Gasteiger partial charge is 0.266 e. The third-order valence-corrected chi connectivity index (χ3v) is 8.05. The molecule has 210 valence electrons. The zero-order valence-corrected chi connectivity index (χ0v) is 23.4. The molecule has 0 bridgehead atoms. The summed E-state index contributed by atoms with van der Waals surface area (Å²) in [4.78, 5) is 18.7. The fourth-order valence-corrected chi connectivity index (χ4v) is 5.75. The van der Waals surface area contributed by atoms with Crippen LogP contribution in [0.25, 0.3) is 22.2 Å². The largest absolute Gasteiger partial charge is 0.473 e. The van der Waals surface area contributed by atoms with Gasteiger partial charge in [-0.05, 0) is 38.2 Å². The van der Waals surface area contributed by atoms with Crippen molar-refractivity contribution in [2.24, 2.45) is 7.05 Å². The molecular formula is C30H37N7O3. The summed E-state index contributed by atoms with van der Waals surface area (Å²) in [5.74, 6) is 1.36. The highest BCUT2D eigenvalue weighted by molar-refractivity contribution is 5.94. The topological polar surface area (TPSA) is 99.3 Å². The van der Waals surface area contributed by atoms with E-state index >= 15 is 0 Å². The zero-order chi connectivity index (χ0) is 27.6. The molecule has 10 nitrogen and oxygen atoms in total. The molecule has 10 heteroatoms. The van der Waals surface area contributed by atoms with E-state index in [-0.39, 0.29) is 17.7 Å². The van der Waals surface area contributed by atoms with E-state index in [1.54, 1.807) is 20.2 Å². The number of methoxy groups -OCH3 is 1. The van der Waals surface area contributed by atoms with Gasteiger partial charge < -0.3 is 14.8 Å². The Labute approximate surface area is 233 Å². The molecule has 0 spiro atoms. The van der Waals surface area contributed by atoms with E-state index in [2.05, 4.69) is 62.2 Å². The molecule has 0 amide bonds. The van der Waals surface area contributed by atoms with Gasteiger partial charge >= 0.3 is 0 Å². The Bertz CT molecular complexity index is 1520. The number of anilines is 1. The highest BCUT2D eigenvalue weighted by Gasteiger charge is 2.28. The fourth-order valence-electron chi connectivity index (χ4n) is 5.75. The van der Waals surface area contributed by atoms with Crippen molar-refractivity contribution < 1.29 is 9.47 Å². The van der Waals surface area contributed by atoms with Crippen molar-refractivity contribution in [1.82, 2.24) is 29.4 Å². The Morgan fingerprint density at radius 1 is 1.00 bits per heavy atom. The lowest BCUT2D eigenvalue weighted by Gasteiger charge is -2.38. The number of pyridine rings is 1. The lowest BCUT2D eigenvalue weighted by atomic mass is 9.93. The molecule has 1 saturated heterocycles. The molecule has 0 atom stereocenters. The minimum atomic E-state index is -0.144. The molecule has 1 N–H and O–H groups in total. The first-order valence-electron chi connectivity index (χ1n) is 14.2. The number of likely N-dealkylation sites (tertiary alicyclic amines) is 1. The summed E-state index contributed by atoms with van der Waals surface area (Å²) in [5, 5.41) is 13.8. The standard InChI is InChI=1S/C30H37N7O3/c1-4-31-27-15-26-25(16-32-27)30(21-7-5-20(6-8-21)17-36-18-24(19-36)39-3)34-37(26)22-9-11-23(12-10-22)40-28-13-14-29(38)35(2)33-28/h5-8,13-16,22-24H,4,9-12,17-19H2,1-3H3,(H,31,32)/t22-,23+. The Balaban J connectivity index is 1.21. The maximum absolute atomic E-state index is 11.7. The molecule has 2 fully saturated rings. The number of aromatic nitrogens is 5. The van der Waals surface area contributed by atoms with Crippen molar-refractivity contribution in [2.75, 3.05) is 32.1 Å². The minimum Gasteiger partial charge on any atom is -0.473 e.